The first-order chi connectivity index (χ1) is 4.20. The minimum absolute atomic E-state index is 0.915. The maximum absolute atomic E-state index is 4.19. The van der Waals surface area contributed by atoms with Gasteiger partial charge in [0.1, 0.15) is 0 Å². The highest BCUT2D eigenvalue weighted by atomic mass is 14.7. The fourth-order valence-corrected chi connectivity index (χ4v) is 0.638. The predicted molar refractivity (Wildman–Crippen MR) is 37.7 cm³/mol. The summed E-state index contributed by atoms with van der Waals surface area (Å²) in [7, 11) is 0. The summed E-state index contributed by atoms with van der Waals surface area (Å²) in [5.74, 6) is 0. The van der Waals surface area contributed by atoms with E-state index >= 15 is 0 Å². The average molecular weight is 119 g/mol. The van der Waals surface area contributed by atoms with Gasteiger partial charge in [0, 0.05) is 25.5 Å². The second kappa shape index (κ2) is 2.18. The number of rotatable bonds is 0. The molecule has 0 spiro atoms. The zero-order valence-corrected chi connectivity index (χ0v) is 5.95. The molecule has 1 aliphatic heterocycles. The quantitative estimate of drug-likeness (QED) is 0.455. The van der Waals surface area contributed by atoms with E-state index in [4.69, 9.17) is 0 Å². The van der Waals surface area contributed by atoms with Crippen molar-refractivity contribution < 1.29 is 0 Å². The van der Waals surface area contributed by atoms with Gasteiger partial charge in [-0.3, -0.25) is 0 Å². The number of aliphatic imine (C=N–C) groups is 1. The van der Waals surface area contributed by atoms with Crippen molar-refractivity contribution in [2.45, 2.75) is 20.8 Å². The van der Waals surface area contributed by atoms with Crippen molar-refractivity contribution in [3.63, 3.8) is 0 Å². The van der Waals surface area contributed by atoms with E-state index in [9.17, 15) is 0 Å². The van der Waals surface area contributed by atoms with Crippen molar-refractivity contribution in [2.75, 3.05) is 0 Å². The van der Waals surface area contributed by atoms with Crippen LogP contribution in [-0.2, 0) is 0 Å². The third kappa shape index (κ3) is 1.28. The molecular formula is C8H9N+. The van der Waals surface area contributed by atoms with E-state index in [2.05, 4.69) is 17.1 Å². The lowest BCUT2D eigenvalue weighted by atomic mass is 10.1. The van der Waals surface area contributed by atoms with Crippen molar-refractivity contribution in [3.05, 3.63) is 23.4 Å². The van der Waals surface area contributed by atoms with Gasteiger partial charge in [0.2, 0.25) is 0 Å². The lowest BCUT2D eigenvalue weighted by Gasteiger charge is -1.88. The number of hydrogen-bond acceptors (Lipinski definition) is 1. The number of hydrogen-bond donors (Lipinski definition) is 0. The van der Waals surface area contributed by atoms with Crippen molar-refractivity contribution in [1.82, 2.24) is 4.99 Å². The molecule has 0 unspecified atom stereocenters. The number of allylic oxidation sites excluding steroid dienone is 4. The highest BCUT2D eigenvalue weighted by molar-refractivity contribution is 5.89. The summed E-state index contributed by atoms with van der Waals surface area (Å²) < 4.78 is 0. The predicted octanol–water partition coefficient (Wildman–Crippen LogP) is 1.25. The highest BCUT2D eigenvalue weighted by Crippen LogP contribution is 2.03. The molecule has 9 heavy (non-hydrogen) atoms. The first-order valence-corrected chi connectivity index (χ1v) is 2.95. The second-order valence-corrected chi connectivity index (χ2v) is 2.16. The molecule has 3 radical (unpaired) electrons. The highest BCUT2D eigenvalue weighted by Gasteiger charge is 2.11. The zero-order chi connectivity index (χ0) is 6.85. The van der Waals surface area contributed by atoms with E-state index in [1.54, 1.807) is 0 Å². The molecule has 0 aromatic rings. The van der Waals surface area contributed by atoms with Crippen molar-refractivity contribution in [1.29, 1.82) is 0 Å². The lowest BCUT2D eigenvalue weighted by Crippen LogP contribution is -2.05. The average Bonchev–Trinajstić information content (AvgIpc) is 1.80. The Morgan fingerprint density at radius 1 is 1.11 bits per heavy atom. The molecule has 0 amide bonds. The largest absolute Gasteiger partial charge is 0.259 e. The van der Waals surface area contributed by atoms with E-state index in [0.29, 0.717) is 0 Å². The standard InChI is InChI=1S/C8H9N/c1-6-4-5-7(2)9-8(6)3/h1-3H3/q+1. The molecule has 0 N–H and O–H groups in total. The van der Waals surface area contributed by atoms with E-state index < -0.39 is 0 Å². The molecule has 0 fully saturated rings. The summed E-state index contributed by atoms with van der Waals surface area (Å²) in [6, 6.07) is 0. The van der Waals surface area contributed by atoms with Gasteiger partial charge < -0.3 is 0 Å². The summed E-state index contributed by atoms with van der Waals surface area (Å²) in [6.45, 7) is 5.88. The van der Waals surface area contributed by atoms with Gasteiger partial charge in [0.25, 0.3) is 11.4 Å². The van der Waals surface area contributed by atoms with Crippen LogP contribution in [-0.4, -0.2) is 5.71 Å². The van der Waals surface area contributed by atoms with E-state index in [0.717, 1.165) is 17.0 Å². The molecule has 0 aliphatic carbocycles. The third-order valence-corrected chi connectivity index (χ3v) is 1.31. The van der Waals surface area contributed by atoms with Crippen LogP contribution in [0.3, 0.4) is 0 Å². The van der Waals surface area contributed by atoms with Gasteiger partial charge in [0.15, 0.2) is 0 Å². The Morgan fingerprint density at radius 3 is 2.22 bits per heavy atom. The molecule has 1 rings (SSSR count). The van der Waals surface area contributed by atoms with Crippen LogP contribution in [0.5, 0.6) is 0 Å². The van der Waals surface area contributed by atoms with Gasteiger partial charge >= 0.3 is 0 Å². The van der Waals surface area contributed by atoms with Crippen LogP contribution < -0.4 is 4.99 Å². The smallest absolute Gasteiger partial charge is 0.0326 e. The molecule has 1 nitrogen and oxygen atoms in total. The molecule has 0 aromatic carbocycles. The SMILES string of the molecule is CC1=[N+]C(C)=C(C)[C]=[C]1. The van der Waals surface area contributed by atoms with Crippen LogP contribution in [0.2, 0.25) is 0 Å². The Labute approximate surface area is 55.8 Å². The molecule has 0 saturated heterocycles. The van der Waals surface area contributed by atoms with Gasteiger partial charge in [-0.1, -0.05) is 0 Å². The molecule has 0 bridgehead atoms. The molecule has 1 heterocycles. The Morgan fingerprint density at radius 2 is 1.78 bits per heavy atom. The van der Waals surface area contributed by atoms with Gasteiger partial charge in [-0.25, -0.2) is 0 Å². The summed E-state index contributed by atoms with van der Waals surface area (Å²) in [5.41, 5.74) is 3.05. The molecule has 0 aromatic heterocycles. The summed E-state index contributed by atoms with van der Waals surface area (Å²) in [5, 5.41) is 0. The summed E-state index contributed by atoms with van der Waals surface area (Å²) in [4.78, 5) is 4.19. The zero-order valence-electron chi connectivity index (χ0n) is 5.95. The van der Waals surface area contributed by atoms with Crippen LogP contribution in [0.15, 0.2) is 11.3 Å². The normalized spacial score (nSPS) is 18.3. The first kappa shape index (κ1) is 6.27. The van der Waals surface area contributed by atoms with Crippen molar-refractivity contribution in [3.8, 4) is 0 Å². The fraction of sp³-hybridized carbons (Fsp3) is 0.375. The number of nitrogens with zero attached hydrogens (tertiary/aromatic N) is 1. The third-order valence-electron chi connectivity index (χ3n) is 1.31. The van der Waals surface area contributed by atoms with Crippen molar-refractivity contribution >= 4 is 5.71 Å². The minimum atomic E-state index is 0.915. The molecule has 1 heteroatoms. The lowest BCUT2D eigenvalue weighted by molar-refractivity contribution is 1.11. The Bertz CT molecular complexity index is 207. The molecule has 0 atom stereocenters. The Balaban J connectivity index is 3.01. The fourth-order valence-electron chi connectivity index (χ4n) is 0.638. The second-order valence-electron chi connectivity index (χ2n) is 2.16. The van der Waals surface area contributed by atoms with E-state index in [-0.39, 0.29) is 0 Å². The van der Waals surface area contributed by atoms with Gasteiger partial charge in [-0.15, -0.1) is 0 Å². The van der Waals surface area contributed by atoms with Crippen LogP contribution in [0.25, 0.3) is 0 Å². The monoisotopic (exact) mass is 119 g/mol. The maximum Gasteiger partial charge on any atom is 0.259 e. The molecule has 1 aliphatic rings. The summed E-state index contributed by atoms with van der Waals surface area (Å²) >= 11 is 0. The van der Waals surface area contributed by atoms with E-state index in [1.165, 1.54) is 0 Å². The first-order valence-electron chi connectivity index (χ1n) is 2.95. The molecular weight excluding hydrogens is 110 g/mol. The Hall–Kier alpha value is -0.850. The van der Waals surface area contributed by atoms with Gasteiger partial charge in [-0.2, -0.15) is 0 Å². The van der Waals surface area contributed by atoms with Crippen LogP contribution >= 0.6 is 0 Å². The minimum Gasteiger partial charge on any atom is -0.0326 e. The topological polar surface area (TPSA) is 14.1 Å². The van der Waals surface area contributed by atoms with Gasteiger partial charge in [-0.05, 0) is 6.92 Å². The molecule has 45 valence electrons. The Kier molecular flexibility index (Phi) is 1.52. The van der Waals surface area contributed by atoms with Crippen LogP contribution in [0, 0.1) is 12.2 Å². The van der Waals surface area contributed by atoms with E-state index in [1.807, 2.05) is 20.8 Å². The molecule has 0 saturated carbocycles. The van der Waals surface area contributed by atoms with Crippen LogP contribution in [0.4, 0.5) is 0 Å². The van der Waals surface area contributed by atoms with Gasteiger partial charge in [0.05, 0.1) is 11.1 Å². The van der Waals surface area contributed by atoms with Crippen molar-refractivity contribution in [2.24, 2.45) is 0 Å². The maximum atomic E-state index is 4.19. The summed E-state index contributed by atoms with van der Waals surface area (Å²) in [6.07, 6.45) is 5.88. The van der Waals surface area contributed by atoms with Crippen LogP contribution in [0.1, 0.15) is 20.8 Å².